The zero-order valence-electron chi connectivity index (χ0n) is 11.0. The van der Waals surface area contributed by atoms with Crippen LogP contribution in [0.25, 0.3) is 0 Å². The molecule has 0 aliphatic rings. The Kier molecular flexibility index (Phi) is 4.94. The lowest BCUT2D eigenvalue weighted by Crippen LogP contribution is -1.89. The Labute approximate surface area is 130 Å². The Bertz CT molecular complexity index is 667. The minimum Gasteiger partial charge on any atom is -0.496 e. The predicted molar refractivity (Wildman–Crippen MR) is 82.5 cm³/mol. The van der Waals surface area contributed by atoms with E-state index in [-0.39, 0.29) is 0 Å². The first kappa shape index (κ1) is 14.8. The molecule has 2 rings (SSSR count). The van der Waals surface area contributed by atoms with E-state index < -0.39 is 0 Å². The lowest BCUT2D eigenvalue weighted by atomic mass is 10.2. The van der Waals surface area contributed by atoms with Gasteiger partial charge >= 0.3 is 0 Å². The first-order valence-corrected chi connectivity index (χ1v) is 7.38. The van der Waals surface area contributed by atoms with Crippen molar-refractivity contribution in [2.75, 3.05) is 14.2 Å². The van der Waals surface area contributed by atoms with Gasteiger partial charge < -0.3 is 9.47 Å². The Balaban J connectivity index is 2.35. The first-order valence-electron chi connectivity index (χ1n) is 5.77. The average Bonchev–Trinajstić information content (AvgIpc) is 2.47. The summed E-state index contributed by atoms with van der Waals surface area (Å²) in [4.78, 5) is 1.98. The molecule has 0 spiro atoms. The van der Waals surface area contributed by atoms with Crippen LogP contribution in [0.5, 0.6) is 11.5 Å². The summed E-state index contributed by atoms with van der Waals surface area (Å²) in [5, 5.41) is 8.99. The number of nitriles is 1. The molecule has 0 atom stereocenters. The summed E-state index contributed by atoms with van der Waals surface area (Å²) in [5.74, 6) is 1.38. The van der Waals surface area contributed by atoms with Crippen molar-refractivity contribution in [3.05, 3.63) is 46.4 Å². The van der Waals surface area contributed by atoms with Crippen LogP contribution in [-0.2, 0) is 0 Å². The van der Waals surface area contributed by atoms with Crippen LogP contribution in [0, 0.1) is 11.3 Å². The van der Waals surface area contributed by atoms with E-state index in [0.29, 0.717) is 11.3 Å². The number of methoxy groups -OCH3 is 2. The molecule has 0 saturated carbocycles. The number of hydrogen-bond acceptors (Lipinski definition) is 4. The van der Waals surface area contributed by atoms with Crippen LogP contribution in [0.15, 0.2) is 50.7 Å². The van der Waals surface area contributed by atoms with E-state index in [1.807, 2.05) is 30.3 Å². The van der Waals surface area contributed by atoms with Gasteiger partial charge in [0.15, 0.2) is 0 Å². The van der Waals surface area contributed by atoms with Crippen molar-refractivity contribution < 1.29 is 9.47 Å². The van der Waals surface area contributed by atoms with Crippen LogP contribution in [0.3, 0.4) is 0 Å². The number of halogens is 1. The monoisotopic (exact) mass is 349 g/mol. The van der Waals surface area contributed by atoms with E-state index in [9.17, 15) is 0 Å². The fourth-order valence-corrected chi connectivity index (χ4v) is 3.19. The zero-order chi connectivity index (χ0) is 14.5. The summed E-state index contributed by atoms with van der Waals surface area (Å²) in [6.45, 7) is 0. The van der Waals surface area contributed by atoms with Gasteiger partial charge in [-0.3, -0.25) is 0 Å². The highest BCUT2D eigenvalue weighted by atomic mass is 79.9. The first-order chi connectivity index (χ1) is 9.67. The number of ether oxygens (including phenoxy) is 2. The van der Waals surface area contributed by atoms with Gasteiger partial charge in [-0.25, -0.2) is 0 Å². The second-order valence-electron chi connectivity index (χ2n) is 3.87. The van der Waals surface area contributed by atoms with Gasteiger partial charge in [0, 0.05) is 9.37 Å². The molecular formula is C15H12BrNO2S. The molecule has 0 radical (unpaired) electrons. The molecule has 0 N–H and O–H groups in total. The Morgan fingerprint density at radius 2 is 1.80 bits per heavy atom. The maximum Gasteiger partial charge on any atom is 0.137 e. The number of benzene rings is 2. The summed E-state index contributed by atoms with van der Waals surface area (Å²) < 4.78 is 11.6. The van der Waals surface area contributed by atoms with Crippen molar-refractivity contribution in [1.29, 1.82) is 5.26 Å². The number of hydrogen-bond donors (Lipinski definition) is 0. The summed E-state index contributed by atoms with van der Waals surface area (Å²) in [5.41, 5.74) is 0.526. The fourth-order valence-electron chi connectivity index (χ4n) is 1.68. The molecule has 0 saturated heterocycles. The molecule has 0 bridgehead atoms. The van der Waals surface area contributed by atoms with Crippen LogP contribution in [0.2, 0.25) is 0 Å². The Hall–Kier alpha value is -1.64. The second-order valence-corrected chi connectivity index (χ2v) is 5.90. The highest BCUT2D eigenvalue weighted by Gasteiger charge is 2.09. The molecule has 102 valence electrons. The molecule has 5 heteroatoms. The Morgan fingerprint density at radius 1 is 1.05 bits per heavy atom. The smallest absolute Gasteiger partial charge is 0.137 e. The van der Waals surface area contributed by atoms with E-state index in [1.54, 1.807) is 32.0 Å². The normalized spacial score (nSPS) is 9.90. The maximum atomic E-state index is 8.99. The topological polar surface area (TPSA) is 42.2 Å². The molecule has 0 fully saturated rings. The van der Waals surface area contributed by atoms with Gasteiger partial charge in [-0.15, -0.1) is 0 Å². The lowest BCUT2D eigenvalue weighted by molar-refractivity contribution is 0.404. The van der Waals surface area contributed by atoms with Crippen molar-refractivity contribution in [1.82, 2.24) is 0 Å². The third kappa shape index (κ3) is 3.27. The summed E-state index contributed by atoms with van der Waals surface area (Å²) in [6, 6.07) is 13.4. The van der Waals surface area contributed by atoms with Crippen LogP contribution < -0.4 is 9.47 Å². The zero-order valence-corrected chi connectivity index (χ0v) is 13.4. The third-order valence-corrected chi connectivity index (χ3v) is 4.17. The highest BCUT2D eigenvalue weighted by molar-refractivity contribution is 9.10. The van der Waals surface area contributed by atoms with Crippen molar-refractivity contribution in [2.24, 2.45) is 0 Å². The Morgan fingerprint density at radius 3 is 2.45 bits per heavy atom. The van der Waals surface area contributed by atoms with Gasteiger partial charge in [-0.1, -0.05) is 27.7 Å². The molecular weight excluding hydrogens is 338 g/mol. The standard InChI is InChI=1S/C15H12BrNO2S/c1-18-13-6-4-11(16)7-15(13)20-12-5-3-10(9-17)14(8-12)19-2/h3-8H,1-2H3. The molecule has 2 aromatic carbocycles. The van der Waals surface area contributed by atoms with Crippen LogP contribution >= 0.6 is 27.7 Å². The van der Waals surface area contributed by atoms with E-state index in [0.717, 1.165) is 20.0 Å². The molecule has 0 heterocycles. The second kappa shape index (κ2) is 6.69. The van der Waals surface area contributed by atoms with Gasteiger partial charge in [-0.05, 0) is 36.4 Å². The average molecular weight is 350 g/mol. The maximum absolute atomic E-state index is 8.99. The van der Waals surface area contributed by atoms with Crippen molar-refractivity contribution in [3.63, 3.8) is 0 Å². The summed E-state index contributed by atoms with van der Waals surface area (Å²) in [7, 11) is 3.21. The third-order valence-electron chi connectivity index (χ3n) is 2.65. The molecule has 0 amide bonds. The predicted octanol–water partition coefficient (Wildman–Crippen LogP) is 4.49. The largest absolute Gasteiger partial charge is 0.496 e. The SMILES string of the molecule is COc1cc(Sc2cc(Br)ccc2OC)ccc1C#N. The lowest BCUT2D eigenvalue weighted by Gasteiger charge is -2.10. The molecule has 0 aromatic heterocycles. The summed E-state index contributed by atoms with van der Waals surface area (Å²) >= 11 is 5.01. The van der Waals surface area contributed by atoms with E-state index in [4.69, 9.17) is 14.7 Å². The van der Waals surface area contributed by atoms with Crippen molar-refractivity contribution >= 4 is 27.7 Å². The quantitative estimate of drug-likeness (QED) is 0.815. The summed E-state index contributed by atoms with van der Waals surface area (Å²) in [6.07, 6.45) is 0. The van der Waals surface area contributed by atoms with Crippen LogP contribution in [-0.4, -0.2) is 14.2 Å². The molecule has 0 aliphatic heterocycles. The molecule has 2 aromatic rings. The number of rotatable bonds is 4. The molecule has 3 nitrogen and oxygen atoms in total. The highest BCUT2D eigenvalue weighted by Crippen LogP contribution is 2.38. The van der Waals surface area contributed by atoms with Gasteiger partial charge in [0.25, 0.3) is 0 Å². The van der Waals surface area contributed by atoms with Gasteiger partial charge in [0.05, 0.1) is 24.7 Å². The van der Waals surface area contributed by atoms with Crippen molar-refractivity contribution in [3.8, 4) is 17.6 Å². The van der Waals surface area contributed by atoms with Crippen molar-refractivity contribution in [2.45, 2.75) is 9.79 Å². The van der Waals surface area contributed by atoms with E-state index in [1.165, 1.54) is 0 Å². The van der Waals surface area contributed by atoms with Gasteiger partial charge in [0.1, 0.15) is 17.6 Å². The number of nitrogens with zero attached hydrogens (tertiary/aromatic N) is 1. The van der Waals surface area contributed by atoms with E-state index in [2.05, 4.69) is 22.0 Å². The minimum absolute atomic E-state index is 0.526. The molecule has 0 aliphatic carbocycles. The minimum atomic E-state index is 0.526. The molecule has 20 heavy (non-hydrogen) atoms. The van der Waals surface area contributed by atoms with Gasteiger partial charge in [-0.2, -0.15) is 5.26 Å². The van der Waals surface area contributed by atoms with Crippen LogP contribution in [0.1, 0.15) is 5.56 Å². The fraction of sp³-hybridized carbons (Fsp3) is 0.133. The van der Waals surface area contributed by atoms with E-state index >= 15 is 0 Å². The van der Waals surface area contributed by atoms with Crippen LogP contribution in [0.4, 0.5) is 0 Å². The van der Waals surface area contributed by atoms with Gasteiger partial charge in [0.2, 0.25) is 0 Å². The molecule has 0 unspecified atom stereocenters.